The maximum absolute atomic E-state index is 4.80. The molecule has 4 aromatic rings. The van der Waals surface area contributed by atoms with Gasteiger partial charge in [0, 0.05) is 20.1 Å². The Morgan fingerprint density at radius 1 is 1.00 bits per heavy atom. The van der Waals surface area contributed by atoms with Crippen molar-refractivity contribution in [2.24, 2.45) is 0 Å². The quantitative estimate of drug-likeness (QED) is 0.270. The van der Waals surface area contributed by atoms with Crippen LogP contribution in [0.1, 0.15) is 61.5 Å². The van der Waals surface area contributed by atoms with E-state index in [0.717, 1.165) is 38.1 Å². The van der Waals surface area contributed by atoms with Gasteiger partial charge < -0.3 is 0 Å². The van der Waals surface area contributed by atoms with Gasteiger partial charge in [0.25, 0.3) is 0 Å². The smallest absolute Gasteiger partial charge is 0.137 e. The van der Waals surface area contributed by atoms with Gasteiger partial charge in [-0.3, -0.25) is 14.6 Å². The van der Waals surface area contributed by atoms with Crippen molar-refractivity contribution in [2.45, 2.75) is 53.4 Å². The van der Waals surface area contributed by atoms with Crippen LogP contribution in [-0.2, 0) is 20.1 Å². The average molecular weight is 582 g/mol. The monoisotopic (exact) mass is 582 g/mol. The van der Waals surface area contributed by atoms with Gasteiger partial charge >= 0.3 is 0 Å². The first kappa shape index (κ1) is 21.8. The summed E-state index contributed by atoms with van der Waals surface area (Å²) < 4.78 is 3.16. The van der Waals surface area contributed by atoms with E-state index in [9.17, 15) is 0 Å². The molecule has 0 aliphatic heterocycles. The molecule has 0 atom stereocenters. The van der Waals surface area contributed by atoms with E-state index in [1.165, 1.54) is 11.1 Å². The fraction of sp³-hybridized carbons (Fsp3) is 0.348. The predicted octanol–water partition coefficient (Wildman–Crippen LogP) is 6.21. The van der Waals surface area contributed by atoms with Gasteiger partial charge in [0.1, 0.15) is 5.82 Å². The topological polar surface area (TPSA) is 43.6 Å². The maximum atomic E-state index is 4.80. The van der Waals surface area contributed by atoms with Crippen molar-refractivity contribution in [3.8, 4) is 17.1 Å². The molecule has 2 aromatic carbocycles. The van der Waals surface area contributed by atoms with Gasteiger partial charge in [0.15, 0.2) is 0 Å². The normalized spacial score (nSPS) is 11.4. The zero-order chi connectivity index (χ0) is 20.0. The maximum Gasteiger partial charge on any atom is 0.137 e. The number of benzene rings is 2. The summed E-state index contributed by atoms with van der Waals surface area (Å²) in [4.78, 5) is 9.41. The number of thiazole rings is 1. The summed E-state index contributed by atoms with van der Waals surface area (Å²) >= 11 is 1.69. The predicted molar refractivity (Wildman–Crippen MR) is 116 cm³/mol. The van der Waals surface area contributed by atoms with Crippen LogP contribution in [0.2, 0.25) is 0 Å². The molecule has 6 heteroatoms. The molecule has 0 saturated heterocycles. The zero-order valence-corrected chi connectivity index (χ0v) is 20.8. The Hall–Kier alpha value is -1.88. The molecule has 0 spiro atoms. The molecule has 153 valence electrons. The van der Waals surface area contributed by atoms with Crippen LogP contribution in [0.5, 0.6) is 0 Å². The van der Waals surface area contributed by atoms with Crippen molar-refractivity contribution in [1.29, 1.82) is 0 Å². The van der Waals surface area contributed by atoms with Crippen LogP contribution < -0.4 is 0 Å². The van der Waals surface area contributed by atoms with Gasteiger partial charge in [-0.2, -0.15) is 16.4 Å². The van der Waals surface area contributed by atoms with E-state index in [4.69, 9.17) is 10.1 Å². The number of aryl methyl sites for hydroxylation is 2. The molecule has 0 unspecified atom stereocenters. The van der Waals surface area contributed by atoms with Gasteiger partial charge in [-0.05, 0) is 47.0 Å². The molecule has 0 aliphatic carbocycles. The van der Waals surface area contributed by atoms with Crippen molar-refractivity contribution in [2.75, 3.05) is 0 Å². The van der Waals surface area contributed by atoms with Gasteiger partial charge in [-0.25, -0.2) is 0 Å². The van der Waals surface area contributed by atoms with E-state index < -0.39 is 0 Å². The van der Waals surface area contributed by atoms with Crippen molar-refractivity contribution in [1.82, 2.24) is 19.7 Å². The fourth-order valence-electron chi connectivity index (χ4n) is 3.62. The van der Waals surface area contributed by atoms with Crippen LogP contribution in [0.15, 0.2) is 30.3 Å². The second-order valence-electron chi connectivity index (χ2n) is 7.82. The molecule has 0 fully saturated rings. The zero-order valence-electron chi connectivity index (χ0n) is 17.6. The Bertz CT molecular complexity index is 1130. The third kappa shape index (κ3) is 4.07. The number of hydrogen-bond acceptors (Lipinski definition) is 4. The van der Waals surface area contributed by atoms with E-state index in [-0.39, 0.29) is 20.1 Å². The molecule has 0 aliphatic rings. The SMILES string of the molecule is Cc1nc(-c2[c-]cc3sc(C)nc3c2)n(-c2c(C(C)C)cccc2C(C)C)n1.[Ir]. The van der Waals surface area contributed by atoms with Gasteiger partial charge in [0.2, 0.25) is 0 Å². The summed E-state index contributed by atoms with van der Waals surface area (Å²) in [6.07, 6.45) is 0. The minimum atomic E-state index is 0. The minimum Gasteiger partial charge on any atom is -0.262 e. The molecule has 4 rings (SSSR count). The molecule has 1 radical (unpaired) electrons. The molecule has 4 nitrogen and oxygen atoms in total. The first-order chi connectivity index (χ1) is 13.3. The summed E-state index contributed by atoms with van der Waals surface area (Å²) in [7, 11) is 0. The summed E-state index contributed by atoms with van der Waals surface area (Å²) in [6, 6.07) is 14.0. The summed E-state index contributed by atoms with van der Waals surface area (Å²) in [6.45, 7) is 12.9. The second kappa shape index (κ2) is 8.47. The van der Waals surface area contributed by atoms with Crippen LogP contribution in [0.4, 0.5) is 0 Å². The molecule has 0 bridgehead atoms. The summed E-state index contributed by atoms with van der Waals surface area (Å²) in [5, 5.41) is 5.86. The Kier molecular flexibility index (Phi) is 6.37. The molecule has 2 heterocycles. The number of para-hydroxylation sites is 1. The van der Waals surface area contributed by atoms with Gasteiger partial charge in [-0.15, -0.1) is 23.8 Å². The van der Waals surface area contributed by atoms with Crippen molar-refractivity contribution >= 4 is 21.6 Å². The van der Waals surface area contributed by atoms with Crippen LogP contribution in [-0.4, -0.2) is 19.7 Å². The molecular weight excluding hydrogens is 557 g/mol. The Morgan fingerprint density at radius 3 is 2.28 bits per heavy atom. The molecule has 29 heavy (non-hydrogen) atoms. The average Bonchev–Trinajstić information content (AvgIpc) is 3.21. The number of rotatable bonds is 4. The standard InChI is InChI=1S/C23H25N4S.Ir/c1-13(2)18-8-7-9-19(14(3)4)22(18)27-23(24-15(5)26-27)17-10-11-21-20(12-17)25-16(6)28-21;/h7-9,11-14H,1-6H3;/q-1;. The third-order valence-electron chi connectivity index (χ3n) is 4.94. The minimum absolute atomic E-state index is 0. The molecule has 0 N–H and O–H groups in total. The van der Waals surface area contributed by atoms with Crippen molar-refractivity contribution < 1.29 is 20.1 Å². The molecule has 0 saturated carbocycles. The molecular formula is C23H25IrN4S-. The van der Waals surface area contributed by atoms with E-state index >= 15 is 0 Å². The molecule has 2 aromatic heterocycles. The number of aromatic nitrogens is 4. The summed E-state index contributed by atoms with van der Waals surface area (Å²) in [5.41, 5.74) is 5.62. The van der Waals surface area contributed by atoms with Crippen LogP contribution in [0.25, 0.3) is 27.3 Å². The number of fused-ring (bicyclic) bond motifs is 1. The van der Waals surface area contributed by atoms with Crippen molar-refractivity contribution in [3.63, 3.8) is 0 Å². The summed E-state index contributed by atoms with van der Waals surface area (Å²) in [5.74, 6) is 2.35. The first-order valence-electron chi connectivity index (χ1n) is 9.71. The van der Waals surface area contributed by atoms with E-state index in [2.05, 4.69) is 63.0 Å². The van der Waals surface area contributed by atoms with Gasteiger partial charge in [0.05, 0.1) is 16.5 Å². The number of nitrogens with zero attached hydrogens (tertiary/aromatic N) is 4. The Labute approximate surface area is 189 Å². The first-order valence-corrected chi connectivity index (χ1v) is 10.5. The number of hydrogen-bond donors (Lipinski definition) is 0. The van der Waals surface area contributed by atoms with Crippen LogP contribution in [0, 0.1) is 19.9 Å². The second-order valence-corrected chi connectivity index (χ2v) is 9.05. The van der Waals surface area contributed by atoms with Crippen LogP contribution >= 0.6 is 11.3 Å². The third-order valence-corrected chi connectivity index (χ3v) is 5.87. The van der Waals surface area contributed by atoms with E-state index in [1.54, 1.807) is 11.3 Å². The van der Waals surface area contributed by atoms with Crippen molar-refractivity contribution in [3.05, 3.63) is 58.4 Å². The van der Waals surface area contributed by atoms with Gasteiger partial charge in [-0.1, -0.05) is 45.9 Å². The Balaban J connectivity index is 0.00000240. The van der Waals surface area contributed by atoms with E-state index in [0.29, 0.717) is 11.8 Å². The van der Waals surface area contributed by atoms with Crippen LogP contribution in [0.3, 0.4) is 0 Å². The molecule has 0 amide bonds. The van der Waals surface area contributed by atoms with E-state index in [1.807, 2.05) is 24.6 Å². The largest absolute Gasteiger partial charge is 0.262 e. The fourth-order valence-corrected chi connectivity index (χ4v) is 4.41. The Morgan fingerprint density at radius 2 is 1.66 bits per heavy atom.